The predicted molar refractivity (Wildman–Crippen MR) is 77.5 cm³/mol. The third kappa shape index (κ3) is 3.59. The molecule has 4 N–H and O–H groups in total. The summed E-state index contributed by atoms with van der Waals surface area (Å²) in [7, 11) is 0. The Morgan fingerprint density at radius 2 is 1.67 bits per heavy atom. The van der Waals surface area contributed by atoms with E-state index in [-0.39, 0.29) is 25.5 Å². The lowest BCUT2D eigenvalue weighted by molar-refractivity contribution is -0.137. The molecule has 21 heavy (non-hydrogen) atoms. The van der Waals surface area contributed by atoms with E-state index in [1.807, 2.05) is 0 Å². The molecule has 2 amide bonds. The van der Waals surface area contributed by atoms with Crippen molar-refractivity contribution < 1.29 is 19.8 Å². The first-order valence-electron chi connectivity index (χ1n) is 6.56. The molecule has 0 unspecified atom stereocenters. The minimum atomic E-state index is -0.448. The number of amides is 2. The minimum absolute atomic E-state index is 0.0106. The number of rotatable bonds is 7. The van der Waals surface area contributed by atoms with Gasteiger partial charge in [0.2, 0.25) is 0 Å². The van der Waals surface area contributed by atoms with Gasteiger partial charge in [0.05, 0.1) is 19.8 Å². The van der Waals surface area contributed by atoms with Gasteiger partial charge in [-0.1, -0.05) is 0 Å². The summed E-state index contributed by atoms with van der Waals surface area (Å²) in [6.07, 6.45) is 1.22. The van der Waals surface area contributed by atoms with Crippen LogP contribution in [0.2, 0.25) is 0 Å². The molecule has 1 heterocycles. The van der Waals surface area contributed by atoms with Crippen LogP contribution in [0.5, 0.6) is 0 Å². The van der Waals surface area contributed by atoms with Gasteiger partial charge in [-0.05, 0) is 24.3 Å². The largest absolute Gasteiger partial charge is 0.395 e. The first-order valence-corrected chi connectivity index (χ1v) is 6.56. The normalized spacial score (nSPS) is 14.4. The van der Waals surface area contributed by atoms with E-state index in [2.05, 4.69) is 10.6 Å². The van der Waals surface area contributed by atoms with Crippen molar-refractivity contribution >= 4 is 23.2 Å². The fourth-order valence-corrected chi connectivity index (χ4v) is 1.94. The molecule has 0 spiro atoms. The third-order valence-corrected chi connectivity index (χ3v) is 2.94. The van der Waals surface area contributed by atoms with E-state index in [0.717, 1.165) is 10.6 Å². The predicted octanol–water partition coefficient (Wildman–Crippen LogP) is -0.252. The van der Waals surface area contributed by atoms with Gasteiger partial charge in [-0.15, -0.1) is 0 Å². The van der Waals surface area contributed by atoms with Gasteiger partial charge in [0.15, 0.2) is 0 Å². The van der Waals surface area contributed by atoms with E-state index in [4.69, 9.17) is 10.2 Å². The van der Waals surface area contributed by atoms with Gasteiger partial charge in [0, 0.05) is 24.0 Å². The molecule has 0 radical (unpaired) electrons. The fourth-order valence-electron chi connectivity index (χ4n) is 1.94. The van der Waals surface area contributed by atoms with E-state index in [0.29, 0.717) is 12.2 Å². The Kier molecular flexibility index (Phi) is 4.91. The van der Waals surface area contributed by atoms with Gasteiger partial charge in [-0.25, -0.2) is 0 Å². The molecule has 7 heteroatoms. The molecule has 0 aromatic heterocycles. The molecular weight excluding hydrogens is 274 g/mol. The summed E-state index contributed by atoms with van der Waals surface area (Å²) in [6, 6.07) is 7.11. The molecule has 0 saturated heterocycles. The maximum atomic E-state index is 11.9. The van der Waals surface area contributed by atoms with E-state index in [9.17, 15) is 9.59 Å². The van der Waals surface area contributed by atoms with Crippen LogP contribution in [0.4, 0.5) is 11.4 Å². The van der Waals surface area contributed by atoms with Crippen molar-refractivity contribution in [2.75, 3.05) is 36.9 Å². The number of β-amino-alcohol motifs (C(OH)–C–C–N with tert-alkyl or cyclic N) is 1. The first kappa shape index (κ1) is 15.0. The number of carbonyl (C=O) groups is 2. The van der Waals surface area contributed by atoms with Gasteiger partial charge in [-0.3, -0.25) is 14.5 Å². The van der Waals surface area contributed by atoms with Crippen LogP contribution in [0.25, 0.3) is 0 Å². The van der Waals surface area contributed by atoms with E-state index < -0.39 is 11.8 Å². The van der Waals surface area contributed by atoms with Gasteiger partial charge in [0.1, 0.15) is 5.70 Å². The molecule has 1 aliphatic rings. The highest BCUT2D eigenvalue weighted by Gasteiger charge is 2.30. The second-order valence-corrected chi connectivity index (χ2v) is 4.43. The Morgan fingerprint density at radius 1 is 1.00 bits per heavy atom. The van der Waals surface area contributed by atoms with Crippen LogP contribution in [0.15, 0.2) is 36.0 Å². The summed E-state index contributed by atoms with van der Waals surface area (Å²) in [5, 5.41) is 23.4. The lowest BCUT2D eigenvalue weighted by Crippen LogP contribution is -2.34. The number of hydrogen-bond acceptors (Lipinski definition) is 6. The van der Waals surface area contributed by atoms with Crippen LogP contribution in [0.3, 0.4) is 0 Å². The average molecular weight is 291 g/mol. The zero-order chi connectivity index (χ0) is 15.2. The number of imide groups is 1. The summed E-state index contributed by atoms with van der Waals surface area (Å²) in [5.74, 6) is -0.880. The zero-order valence-electron chi connectivity index (χ0n) is 11.4. The standard InChI is InChI=1S/C14H17N3O4/c18-7-5-15-10-1-3-11(4-2-10)16-12-9-13(20)17(6-8-19)14(12)21/h1-4,9,15-16,18-19H,5-8H2. The van der Waals surface area contributed by atoms with E-state index in [1.165, 1.54) is 6.08 Å². The Morgan fingerprint density at radius 3 is 2.29 bits per heavy atom. The maximum absolute atomic E-state index is 11.9. The van der Waals surface area contributed by atoms with Crippen molar-refractivity contribution in [3.05, 3.63) is 36.0 Å². The maximum Gasteiger partial charge on any atom is 0.277 e. The number of aliphatic hydroxyl groups is 2. The molecule has 0 atom stereocenters. The summed E-state index contributed by atoms with van der Waals surface area (Å²) >= 11 is 0. The van der Waals surface area contributed by atoms with E-state index in [1.54, 1.807) is 24.3 Å². The molecule has 1 aromatic carbocycles. The summed E-state index contributed by atoms with van der Waals surface area (Å²) < 4.78 is 0. The van der Waals surface area contributed by atoms with Crippen LogP contribution in [0.1, 0.15) is 0 Å². The Bertz CT molecular complexity index is 554. The third-order valence-electron chi connectivity index (χ3n) is 2.94. The van der Waals surface area contributed by atoms with Gasteiger partial charge >= 0.3 is 0 Å². The Balaban J connectivity index is 2.00. The van der Waals surface area contributed by atoms with E-state index >= 15 is 0 Å². The molecule has 1 aromatic rings. The van der Waals surface area contributed by atoms with Crippen LogP contribution < -0.4 is 10.6 Å². The summed E-state index contributed by atoms with van der Waals surface area (Å²) in [4.78, 5) is 24.5. The summed E-state index contributed by atoms with van der Waals surface area (Å²) in [6.45, 7) is 0.235. The fraction of sp³-hybridized carbons (Fsp3) is 0.286. The first-order chi connectivity index (χ1) is 10.2. The SMILES string of the molecule is O=C1C=C(Nc2ccc(NCCO)cc2)C(=O)N1CCO. The van der Waals surface area contributed by atoms with Crippen molar-refractivity contribution in [2.45, 2.75) is 0 Å². The average Bonchev–Trinajstić information content (AvgIpc) is 2.75. The molecule has 112 valence electrons. The minimum Gasteiger partial charge on any atom is -0.395 e. The number of benzene rings is 1. The topological polar surface area (TPSA) is 102 Å². The number of nitrogens with one attached hydrogen (secondary N) is 2. The molecule has 0 saturated carbocycles. The van der Waals surface area contributed by atoms with Gasteiger partial charge in [-0.2, -0.15) is 0 Å². The number of carbonyl (C=O) groups excluding carboxylic acids is 2. The Labute approximate surface area is 121 Å². The number of nitrogens with zero attached hydrogens (tertiary/aromatic N) is 1. The van der Waals surface area contributed by atoms with Crippen LogP contribution in [-0.2, 0) is 9.59 Å². The number of anilines is 2. The molecule has 2 rings (SSSR count). The van der Waals surface area contributed by atoms with Crippen molar-refractivity contribution in [3.63, 3.8) is 0 Å². The highest BCUT2D eigenvalue weighted by molar-refractivity contribution is 6.17. The van der Waals surface area contributed by atoms with Crippen LogP contribution in [-0.4, -0.2) is 53.2 Å². The van der Waals surface area contributed by atoms with Crippen molar-refractivity contribution in [1.82, 2.24) is 4.90 Å². The molecule has 7 nitrogen and oxygen atoms in total. The smallest absolute Gasteiger partial charge is 0.277 e. The second kappa shape index (κ2) is 6.87. The summed E-state index contributed by atoms with van der Waals surface area (Å²) in [5.41, 5.74) is 1.70. The lowest BCUT2D eigenvalue weighted by Gasteiger charge is -2.13. The highest BCUT2D eigenvalue weighted by atomic mass is 16.3. The monoisotopic (exact) mass is 291 g/mol. The molecule has 0 fully saturated rings. The van der Waals surface area contributed by atoms with Crippen LogP contribution >= 0.6 is 0 Å². The second-order valence-electron chi connectivity index (χ2n) is 4.43. The van der Waals surface area contributed by atoms with Crippen molar-refractivity contribution in [2.24, 2.45) is 0 Å². The lowest BCUT2D eigenvalue weighted by atomic mass is 10.2. The zero-order valence-corrected chi connectivity index (χ0v) is 11.4. The molecule has 1 aliphatic heterocycles. The molecular formula is C14H17N3O4. The van der Waals surface area contributed by atoms with Gasteiger partial charge < -0.3 is 20.8 Å². The highest BCUT2D eigenvalue weighted by Crippen LogP contribution is 2.18. The molecule has 0 bridgehead atoms. The molecule has 0 aliphatic carbocycles. The quantitative estimate of drug-likeness (QED) is 0.517. The van der Waals surface area contributed by atoms with Crippen molar-refractivity contribution in [3.8, 4) is 0 Å². The number of hydrogen-bond donors (Lipinski definition) is 4. The Hall–Kier alpha value is -2.38. The van der Waals surface area contributed by atoms with Crippen LogP contribution in [0, 0.1) is 0 Å². The van der Waals surface area contributed by atoms with Crippen molar-refractivity contribution in [1.29, 1.82) is 0 Å². The van der Waals surface area contributed by atoms with Gasteiger partial charge in [0.25, 0.3) is 11.8 Å². The number of aliphatic hydroxyl groups excluding tert-OH is 2.